The minimum Gasteiger partial charge on any atom is -0.493 e. The van der Waals surface area contributed by atoms with Crippen LogP contribution in [0.3, 0.4) is 0 Å². The molecule has 1 N–H and O–H groups in total. The number of methoxy groups -OCH3 is 1. The van der Waals surface area contributed by atoms with E-state index in [0.717, 1.165) is 19.3 Å². The van der Waals surface area contributed by atoms with Crippen LogP contribution in [0.2, 0.25) is 0 Å². The fourth-order valence-corrected chi connectivity index (χ4v) is 2.19. The van der Waals surface area contributed by atoms with Crippen molar-refractivity contribution in [3.8, 4) is 11.5 Å². The molecule has 3 rings (SSSR count). The van der Waals surface area contributed by atoms with Crippen molar-refractivity contribution in [2.75, 3.05) is 12.4 Å². The van der Waals surface area contributed by atoms with Crippen molar-refractivity contribution >= 4 is 11.6 Å². The first kappa shape index (κ1) is 9.51. The zero-order valence-electron chi connectivity index (χ0n) is 9.08. The second kappa shape index (κ2) is 3.14. The van der Waals surface area contributed by atoms with Crippen molar-refractivity contribution in [1.82, 2.24) is 0 Å². The first-order valence-electron chi connectivity index (χ1n) is 5.43. The van der Waals surface area contributed by atoms with Gasteiger partial charge in [0.2, 0.25) is 0 Å². The number of anilines is 1. The maximum atomic E-state index is 11.9. The van der Waals surface area contributed by atoms with Crippen LogP contribution in [0.25, 0.3) is 0 Å². The van der Waals surface area contributed by atoms with Gasteiger partial charge in [0, 0.05) is 0 Å². The maximum Gasteiger partial charge on any atom is 0.268 e. The van der Waals surface area contributed by atoms with Crippen LogP contribution >= 0.6 is 0 Å². The summed E-state index contributed by atoms with van der Waals surface area (Å²) < 4.78 is 11.1. The third kappa shape index (κ3) is 1.13. The van der Waals surface area contributed by atoms with Gasteiger partial charge in [-0.1, -0.05) is 6.07 Å². The molecule has 1 aliphatic heterocycles. The molecule has 4 heteroatoms. The van der Waals surface area contributed by atoms with Crippen LogP contribution in [0.5, 0.6) is 11.5 Å². The summed E-state index contributed by atoms with van der Waals surface area (Å²) in [5.74, 6) is 1.30. The highest BCUT2D eigenvalue weighted by Crippen LogP contribution is 2.47. The van der Waals surface area contributed by atoms with Crippen molar-refractivity contribution in [2.24, 2.45) is 0 Å². The number of carbonyl (C=O) groups is 1. The number of rotatable bonds is 1. The van der Waals surface area contributed by atoms with Gasteiger partial charge in [-0.25, -0.2) is 0 Å². The Labute approximate surface area is 93.5 Å². The van der Waals surface area contributed by atoms with E-state index in [-0.39, 0.29) is 5.91 Å². The molecule has 4 nitrogen and oxygen atoms in total. The van der Waals surface area contributed by atoms with E-state index in [1.54, 1.807) is 7.11 Å². The Balaban J connectivity index is 2.05. The Morgan fingerprint density at radius 1 is 1.44 bits per heavy atom. The van der Waals surface area contributed by atoms with Crippen LogP contribution in [0, 0.1) is 0 Å². The summed E-state index contributed by atoms with van der Waals surface area (Å²) in [7, 11) is 1.60. The first-order chi connectivity index (χ1) is 7.75. The van der Waals surface area contributed by atoms with Crippen LogP contribution in [0.15, 0.2) is 18.2 Å². The number of ether oxygens (including phenoxy) is 2. The molecule has 1 aliphatic carbocycles. The Morgan fingerprint density at radius 3 is 2.88 bits per heavy atom. The number of amides is 1. The fraction of sp³-hybridized carbons (Fsp3) is 0.417. The van der Waals surface area contributed by atoms with Crippen LogP contribution in [-0.4, -0.2) is 18.6 Å². The lowest BCUT2D eigenvalue weighted by molar-refractivity contribution is -0.140. The summed E-state index contributed by atoms with van der Waals surface area (Å²) in [6.07, 6.45) is 2.62. The second-order valence-electron chi connectivity index (χ2n) is 4.24. The molecule has 2 aliphatic rings. The molecule has 1 aromatic rings. The van der Waals surface area contributed by atoms with E-state index in [1.165, 1.54) is 0 Å². The molecular weight excluding hydrogens is 206 g/mol. The van der Waals surface area contributed by atoms with Gasteiger partial charge in [0.05, 0.1) is 12.8 Å². The summed E-state index contributed by atoms with van der Waals surface area (Å²) in [6.45, 7) is 0. The molecular formula is C12H13NO3. The smallest absolute Gasteiger partial charge is 0.268 e. The molecule has 0 unspecified atom stereocenters. The molecule has 1 amide bonds. The highest BCUT2D eigenvalue weighted by Gasteiger charge is 2.50. The molecule has 16 heavy (non-hydrogen) atoms. The van der Waals surface area contributed by atoms with Gasteiger partial charge in [-0.3, -0.25) is 4.79 Å². The topological polar surface area (TPSA) is 47.6 Å². The SMILES string of the molecule is COc1cccc2c1OC1(CCC1)C(=O)N2. The molecule has 84 valence electrons. The van der Waals surface area contributed by atoms with Crippen LogP contribution in [-0.2, 0) is 4.79 Å². The van der Waals surface area contributed by atoms with Gasteiger partial charge in [0.15, 0.2) is 17.1 Å². The maximum absolute atomic E-state index is 11.9. The zero-order chi connectivity index (χ0) is 11.2. The van der Waals surface area contributed by atoms with Gasteiger partial charge >= 0.3 is 0 Å². The van der Waals surface area contributed by atoms with E-state index in [1.807, 2.05) is 18.2 Å². The number of benzene rings is 1. The highest BCUT2D eigenvalue weighted by atomic mass is 16.5. The Bertz CT molecular complexity index is 452. The summed E-state index contributed by atoms with van der Waals surface area (Å²) in [6, 6.07) is 5.49. The van der Waals surface area contributed by atoms with E-state index in [9.17, 15) is 4.79 Å². The quantitative estimate of drug-likeness (QED) is 0.785. The molecule has 1 fully saturated rings. The molecule has 1 saturated carbocycles. The number of nitrogens with one attached hydrogen (secondary N) is 1. The van der Waals surface area contributed by atoms with Crippen molar-refractivity contribution in [1.29, 1.82) is 0 Å². The Kier molecular flexibility index (Phi) is 1.87. The average molecular weight is 219 g/mol. The van der Waals surface area contributed by atoms with Crippen LogP contribution in [0.4, 0.5) is 5.69 Å². The number of hydrogen-bond acceptors (Lipinski definition) is 3. The largest absolute Gasteiger partial charge is 0.493 e. The third-order valence-electron chi connectivity index (χ3n) is 3.32. The summed E-state index contributed by atoms with van der Waals surface area (Å²) in [4.78, 5) is 11.9. The minimum atomic E-state index is -0.637. The van der Waals surface area contributed by atoms with Gasteiger partial charge < -0.3 is 14.8 Å². The number of carbonyl (C=O) groups excluding carboxylic acids is 1. The molecule has 0 aromatic heterocycles. The van der Waals surface area contributed by atoms with Gasteiger partial charge in [-0.05, 0) is 31.4 Å². The summed E-state index contributed by atoms with van der Waals surface area (Å²) >= 11 is 0. The Hall–Kier alpha value is -1.71. The van der Waals surface area contributed by atoms with E-state index >= 15 is 0 Å². The molecule has 1 aromatic carbocycles. The zero-order valence-corrected chi connectivity index (χ0v) is 9.08. The number of fused-ring (bicyclic) bond motifs is 1. The molecule has 1 spiro atoms. The molecule has 0 atom stereocenters. The predicted octanol–water partition coefficient (Wildman–Crippen LogP) is 1.95. The minimum absolute atomic E-state index is 0.0282. The van der Waals surface area contributed by atoms with Crippen LogP contribution in [0.1, 0.15) is 19.3 Å². The predicted molar refractivity (Wildman–Crippen MR) is 58.8 cm³/mol. The van der Waals surface area contributed by atoms with Crippen molar-refractivity contribution in [3.05, 3.63) is 18.2 Å². The van der Waals surface area contributed by atoms with Gasteiger partial charge in [-0.2, -0.15) is 0 Å². The van der Waals surface area contributed by atoms with Crippen LogP contribution < -0.4 is 14.8 Å². The Morgan fingerprint density at radius 2 is 2.25 bits per heavy atom. The summed E-state index contributed by atoms with van der Waals surface area (Å²) in [5, 5.41) is 2.88. The third-order valence-corrected chi connectivity index (χ3v) is 3.32. The molecule has 0 saturated heterocycles. The first-order valence-corrected chi connectivity index (χ1v) is 5.43. The van der Waals surface area contributed by atoms with Gasteiger partial charge in [-0.15, -0.1) is 0 Å². The number of hydrogen-bond donors (Lipinski definition) is 1. The van der Waals surface area contributed by atoms with Gasteiger partial charge in [0.1, 0.15) is 0 Å². The second-order valence-corrected chi connectivity index (χ2v) is 4.24. The van der Waals surface area contributed by atoms with E-state index in [4.69, 9.17) is 9.47 Å². The van der Waals surface area contributed by atoms with E-state index < -0.39 is 5.60 Å². The van der Waals surface area contributed by atoms with E-state index in [0.29, 0.717) is 17.2 Å². The standard InChI is InChI=1S/C12H13NO3/c1-15-9-5-2-4-8-10(9)16-12(6-3-7-12)11(14)13-8/h2,4-5H,3,6-7H2,1H3,(H,13,14). The summed E-state index contributed by atoms with van der Waals surface area (Å²) in [5.41, 5.74) is 0.0589. The lowest BCUT2D eigenvalue weighted by Gasteiger charge is -2.43. The molecule has 1 heterocycles. The monoisotopic (exact) mass is 219 g/mol. The average Bonchev–Trinajstić information content (AvgIpc) is 2.25. The van der Waals surface area contributed by atoms with Crippen molar-refractivity contribution < 1.29 is 14.3 Å². The lowest BCUT2D eigenvalue weighted by atomic mass is 9.78. The number of para-hydroxylation sites is 1. The highest BCUT2D eigenvalue weighted by molar-refractivity contribution is 6.01. The van der Waals surface area contributed by atoms with E-state index in [2.05, 4.69) is 5.32 Å². The molecule has 0 bridgehead atoms. The lowest BCUT2D eigenvalue weighted by Crippen LogP contribution is -2.55. The van der Waals surface area contributed by atoms with Crippen molar-refractivity contribution in [2.45, 2.75) is 24.9 Å². The van der Waals surface area contributed by atoms with Crippen molar-refractivity contribution in [3.63, 3.8) is 0 Å². The normalized spacial score (nSPS) is 20.4. The molecule has 0 radical (unpaired) electrons. The van der Waals surface area contributed by atoms with Gasteiger partial charge in [0.25, 0.3) is 5.91 Å². The fourth-order valence-electron chi connectivity index (χ4n) is 2.19.